The molecule has 1 nitrogen and oxygen atoms in total. The van der Waals surface area contributed by atoms with Crippen LogP contribution in [-0.2, 0) is 12.3 Å². The average molecular weight is 412 g/mol. The van der Waals surface area contributed by atoms with Gasteiger partial charge in [-0.3, -0.25) is 0 Å². The van der Waals surface area contributed by atoms with Crippen molar-refractivity contribution in [3.63, 3.8) is 0 Å². The summed E-state index contributed by atoms with van der Waals surface area (Å²) in [5.41, 5.74) is 6.00. The number of aromatic amines is 1. The van der Waals surface area contributed by atoms with Gasteiger partial charge in [-0.2, -0.15) is 0 Å². The molecule has 0 spiro atoms. The SMILES string of the molecule is Cc1c(CP(C(C)(C)C)C(C)(C)C)[nH]c(CP(C(C)(C)C)C(C)(C)C)c1C. The molecule has 0 aliphatic rings. The zero-order valence-corrected chi connectivity index (χ0v) is 22.6. The van der Waals surface area contributed by atoms with E-state index in [1.54, 1.807) is 0 Å². The molecule has 1 aromatic rings. The van der Waals surface area contributed by atoms with Crippen molar-refractivity contribution >= 4 is 15.8 Å². The highest BCUT2D eigenvalue weighted by Crippen LogP contribution is 2.63. The van der Waals surface area contributed by atoms with Crippen LogP contribution in [0.3, 0.4) is 0 Å². The first kappa shape index (κ1) is 25.2. The van der Waals surface area contributed by atoms with Gasteiger partial charge in [-0.05, 0) is 45.6 Å². The minimum Gasteiger partial charge on any atom is -0.361 e. The fraction of sp³-hybridized carbons (Fsp3) is 0.833. The molecule has 0 bridgehead atoms. The molecular weight excluding hydrogens is 364 g/mol. The molecule has 0 saturated heterocycles. The van der Waals surface area contributed by atoms with Crippen LogP contribution in [0.15, 0.2) is 0 Å². The van der Waals surface area contributed by atoms with Crippen LogP contribution in [-0.4, -0.2) is 25.6 Å². The highest BCUT2D eigenvalue weighted by Gasteiger charge is 2.37. The quantitative estimate of drug-likeness (QED) is 0.476. The van der Waals surface area contributed by atoms with Crippen molar-refractivity contribution in [3.05, 3.63) is 22.5 Å². The predicted octanol–water partition coefficient (Wildman–Crippen LogP) is 8.79. The first-order valence-corrected chi connectivity index (χ1v) is 13.5. The van der Waals surface area contributed by atoms with E-state index in [0.717, 1.165) is 0 Å². The number of nitrogens with one attached hydrogen (secondary N) is 1. The summed E-state index contributed by atoms with van der Waals surface area (Å²) in [7, 11) is -0.251. The Bertz CT molecular complexity index is 545. The van der Waals surface area contributed by atoms with Gasteiger partial charge in [0.1, 0.15) is 0 Å². The molecule has 0 saturated carbocycles. The first-order chi connectivity index (χ1) is 11.8. The lowest BCUT2D eigenvalue weighted by atomic mass is 10.1. The largest absolute Gasteiger partial charge is 0.361 e. The van der Waals surface area contributed by atoms with E-state index in [0.29, 0.717) is 20.6 Å². The molecule has 1 N–H and O–H groups in total. The van der Waals surface area contributed by atoms with Crippen molar-refractivity contribution in [2.75, 3.05) is 0 Å². The summed E-state index contributed by atoms with van der Waals surface area (Å²) in [4.78, 5) is 3.93. The Hall–Kier alpha value is 0.140. The Morgan fingerprint density at radius 3 is 0.926 bits per heavy atom. The molecule has 0 fully saturated rings. The first-order valence-electron chi connectivity index (χ1n) is 10.5. The summed E-state index contributed by atoms with van der Waals surface area (Å²) < 4.78 is 0. The Morgan fingerprint density at radius 1 is 0.519 bits per heavy atom. The summed E-state index contributed by atoms with van der Waals surface area (Å²) in [6, 6.07) is 0. The van der Waals surface area contributed by atoms with Gasteiger partial charge in [0.05, 0.1) is 0 Å². The highest BCUT2D eigenvalue weighted by atomic mass is 31.1. The maximum absolute atomic E-state index is 3.93. The second-order valence-corrected chi connectivity index (χ2v) is 19.9. The molecule has 0 radical (unpaired) electrons. The Kier molecular flexibility index (Phi) is 7.56. The van der Waals surface area contributed by atoms with E-state index in [-0.39, 0.29) is 15.8 Å². The minimum atomic E-state index is -0.126. The van der Waals surface area contributed by atoms with Crippen molar-refractivity contribution in [2.45, 2.75) is 130 Å². The summed E-state index contributed by atoms with van der Waals surface area (Å²) in [6.07, 6.45) is 2.41. The van der Waals surface area contributed by atoms with Crippen LogP contribution in [0.4, 0.5) is 0 Å². The van der Waals surface area contributed by atoms with E-state index in [1.807, 2.05) is 0 Å². The monoisotopic (exact) mass is 411 g/mol. The van der Waals surface area contributed by atoms with Gasteiger partial charge in [-0.25, -0.2) is 0 Å². The van der Waals surface area contributed by atoms with E-state index in [1.165, 1.54) is 34.8 Å². The lowest BCUT2D eigenvalue weighted by molar-refractivity contribution is 0.700. The molecule has 0 aliphatic carbocycles. The third-order valence-corrected chi connectivity index (χ3v) is 13.4. The number of H-pyrrole nitrogens is 1. The predicted molar refractivity (Wildman–Crippen MR) is 131 cm³/mol. The smallest absolute Gasteiger partial charge is 0.0225 e. The molecule has 0 aliphatic heterocycles. The Balaban J connectivity index is 3.27. The van der Waals surface area contributed by atoms with Crippen molar-refractivity contribution in [2.24, 2.45) is 0 Å². The molecule has 0 amide bonds. The third kappa shape index (κ3) is 6.57. The van der Waals surface area contributed by atoms with Crippen LogP contribution in [0.1, 0.15) is 106 Å². The fourth-order valence-electron chi connectivity index (χ4n) is 4.42. The summed E-state index contributed by atoms with van der Waals surface area (Å²) in [5, 5.41) is 1.45. The standard InChI is InChI=1S/C24H47NP2/c1-17-18(2)20(16-27(23(9,10)11)24(12,13)14)25-19(17)15-26(21(3,4)5)22(6,7)8/h25H,15-16H2,1-14H3. The normalized spacial score (nSPS) is 14.5. The van der Waals surface area contributed by atoms with Crippen molar-refractivity contribution in [1.29, 1.82) is 0 Å². The van der Waals surface area contributed by atoms with Crippen molar-refractivity contribution in [1.82, 2.24) is 4.98 Å². The molecule has 27 heavy (non-hydrogen) atoms. The van der Waals surface area contributed by atoms with E-state index < -0.39 is 0 Å². The van der Waals surface area contributed by atoms with Crippen LogP contribution < -0.4 is 0 Å². The van der Waals surface area contributed by atoms with Crippen molar-refractivity contribution < 1.29 is 0 Å². The van der Waals surface area contributed by atoms with E-state index in [9.17, 15) is 0 Å². The van der Waals surface area contributed by atoms with E-state index >= 15 is 0 Å². The molecule has 158 valence electrons. The zero-order valence-electron chi connectivity index (χ0n) is 20.8. The second kappa shape index (κ2) is 8.11. The van der Waals surface area contributed by atoms with Crippen LogP contribution in [0.2, 0.25) is 0 Å². The molecule has 1 heterocycles. The molecule has 1 rings (SSSR count). The molecule has 0 atom stereocenters. The second-order valence-electron chi connectivity index (χ2n) is 12.2. The number of hydrogen-bond donors (Lipinski definition) is 1. The van der Waals surface area contributed by atoms with Gasteiger partial charge < -0.3 is 4.98 Å². The van der Waals surface area contributed by atoms with Gasteiger partial charge in [0.2, 0.25) is 0 Å². The molecular formula is C24H47NP2. The third-order valence-electron chi connectivity index (χ3n) is 5.64. The molecule has 3 heteroatoms. The van der Waals surface area contributed by atoms with Crippen molar-refractivity contribution in [3.8, 4) is 0 Å². The van der Waals surface area contributed by atoms with E-state index in [2.05, 4.69) is 102 Å². The lowest BCUT2D eigenvalue weighted by Gasteiger charge is -2.42. The Labute approximate surface area is 173 Å². The van der Waals surface area contributed by atoms with Crippen LogP contribution in [0.5, 0.6) is 0 Å². The van der Waals surface area contributed by atoms with Crippen LogP contribution >= 0.6 is 15.8 Å². The van der Waals surface area contributed by atoms with Gasteiger partial charge >= 0.3 is 0 Å². The topological polar surface area (TPSA) is 15.8 Å². The lowest BCUT2D eigenvalue weighted by Crippen LogP contribution is -2.26. The Morgan fingerprint density at radius 2 is 0.741 bits per heavy atom. The number of rotatable bonds is 4. The van der Waals surface area contributed by atoms with Gasteiger partial charge in [-0.15, -0.1) is 0 Å². The summed E-state index contributed by atoms with van der Waals surface area (Å²) >= 11 is 0. The maximum atomic E-state index is 3.93. The molecule has 0 aromatic carbocycles. The maximum Gasteiger partial charge on any atom is 0.0225 e. The van der Waals surface area contributed by atoms with Crippen LogP contribution in [0, 0.1) is 13.8 Å². The van der Waals surface area contributed by atoms with Gasteiger partial charge in [-0.1, -0.05) is 98.9 Å². The minimum absolute atomic E-state index is 0.126. The van der Waals surface area contributed by atoms with Crippen LogP contribution in [0.25, 0.3) is 0 Å². The molecule has 1 aromatic heterocycles. The van der Waals surface area contributed by atoms with Gasteiger partial charge in [0, 0.05) is 23.7 Å². The average Bonchev–Trinajstić information content (AvgIpc) is 2.64. The number of aromatic nitrogens is 1. The zero-order chi connectivity index (χ0) is 21.6. The fourth-order valence-corrected chi connectivity index (χ4v) is 11.6. The van der Waals surface area contributed by atoms with Gasteiger partial charge in [0.25, 0.3) is 0 Å². The van der Waals surface area contributed by atoms with Gasteiger partial charge in [0.15, 0.2) is 0 Å². The molecule has 0 unspecified atom stereocenters. The van der Waals surface area contributed by atoms with E-state index in [4.69, 9.17) is 0 Å². The highest BCUT2D eigenvalue weighted by molar-refractivity contribution is 7.60. The summed E-state index contributed by atoms with van der Waals surface area (Å²) in [6.45, 7) is 33.8. The summed E-state index contributed by atoms with van der Waals surface area (Å²) in [5.74, 6) is 0. The number of hydrogen-bond acceptors (Lipinski definition) is 0.